The second kappa shape index (κ2) is 7.71. The number of alkyl halides is 3. The minimum Gasteiger partial charge on any atom is -0.350 e. The molecule has 0 saturated carbocycles. The van der Waals surface area contributed by atoms with Crippen LogP contribution >= 0.6 is 0 Å². The summed E-state index contributed by atoms with van der Waals surface area (Å²) in [4.78, 5) is 27.9. The summed E-state index contributed by atoms with van der Waals surface area (Å²) in [6, 6.07) is 6.90. The summed E-state index contributed by atoms with van der Waals surface area (Å²) >= 11 is 0. The van der Waals surface area contributed by atoms with Crippen LogP contribution in [0.5, 0.6) is 0 Å². The minimum atomic E-state index is -4.72. The maximum absolute atomic E-state index is 12.8. The molecule has 0 aliphatic heterocycles. The minimum absolute atomic E-state index is 0.0379. The van der Waals surface area contributed by atoms with Crippen molar-refractivity contribution in [2.75, 3.05) is 6.54 Å². The van der Waals surface area contributed by atoms with E-state index >= 15 is 0 Å². The van der Waals surface area contributed by atoms with Crippen molar-refractivity contribution in [1.82, 2.24) is 29.2 Å². The molecule has 0 unspecified atom stereocenters. The lowest BCUT2D eigenvalue weighted by atomic mass is 10.1. The lowest BCUT2D eigenvalue weighted by Crippen LogP contribution is -2.31. The van der Waals surface area contributed by atoms with Crippen molar-refractivity contribution in [2.45, 2.75) is 19.3 Å². The highest BCUT2D eigenvalue weighted by molar-refractivity contribution is 5.94. The first kappa shape index (κ1) is 19.4. The number of hydrogen-bond acceptors (Lipinski definition) is 4. The lowest BCUT2D eigenvalue weighted by Gasteiger charge is -2.07. The van der Waals surface area contributed by atoms with E-state index in [1.54, 1.807) is 36.8 Å². The van der Waals surface area contributed by atoms with E-state index in [1.165, 1.54) is 0 Å². The number of benzene rings is 1. The SMILES string of the molecule is Cn1c(C(F)(F)F)nn(CCNC(=O)c2ccc(Cn3ccnc3)cc2)c1=O. The van der Waals surface area contributed by atoms with Crippen LogP contribution < -0.4 is 11.0 Å². The Morgan fingerprint density at radius 3 is 2.50 bits per heavy atom. The fourth-order valence-corrected chi connectivity index (χ4v) is 2.61. The van der Waals surface area contributed by atoms with Gasteiger partial charge in [-0.1, -0.05) is 12.1 Å². The van der Waals surface area contributed by atoms with Crippen LogP contribution in [0.3, 0.4) is 0 Å². The average molecular weight is 394 g/mol. The third-order valence-electron chi connectivity index (χ3n) is 4.04. The van der Waals surface area contributed by atoms with Crippen LogP contribution in [0.2, 0.25) is 0 Å². The first-order valence-corrected chi connectivity index (χ1v) is 8.29. The van der Waals surface area contributed by atoms with E-state index in [9.17, 15) is 22.8 Å². The Kier molecular flexibility index (Phi) is 5.34. The predicted molar refractivity (Wildman–Crippen MR) is 92.6 cm³/mol. The first-order chi connectivity index (χ1) is 13.3. The van der Waals surface area contributed by atoms with Crippen LogP contribution in [0, 0.1) is 0 Å². The van der Waals surface area contributed by atoms with Gasteiger partial charge in [0.25, 0.3) is 5.91 Å². The summed E-state index contributed by atoms with van der Waals surface area (Å²) in [6.07, 6.45) is 0.460. The van der Waals surface area contributed by atoms with Crippen LogP contribution in [-0.4, -0.2) is 36.4 Å². The number of imidazole rings is 1. The molecule has 0 saturated heterocycles. The monoisotopic (exact) mass is 394 g/mol. The average Bonchev–Trinajstić information content (AvgIpc) is 3.25. The summed E-state index contributed by atoms with van der Waals surface area (Å²) in [5.41, 5.74) is 0.485. The molecule has 1 amide bonds. The normalized spacial score (nSPS) is 11.6. The quantitative estimate of drug-likeness (QED) is 0.682. The van der Waals surface area contributed by atoms with Gasteiger partial charge >= 0.3 is 11.9 Å². The Hall–Kier alpha value is -3.37. The number of carbonyl (C=O) groups excluding carboxylic acids is 1. The number of aromatic nitrogens is 5. The zero-order valence-corrected chi connectivity index (χ0v) is 14.8. The largest absolute Gasteiger partial charge is 0.451 e. The van der Waals surface area contributed by atoms with Gasteiger partial charge in [0.15, 0.2) is 0 Å². The van der Waals surface area contributed by atoms with Crippen LogP contribution in [-0.2, 0) is 26.3 Å². The zero-order chi connectivity index (χ0) is 20.3. The van der Waals surface area contributed by atoms with E-state index in [-0.39, 0.29) is 13.1 Å². The van der Waals surface area contributed by atoms with Crippen molar-refractivity contribution < 1.29 is 18.0 Å². The molecule has 0 aliphatic rings. The van der Waals surface area contributed by atoms with Crippen LogP contribution in [0.15, 0.2) is 47.8 Å². The second-order valence-electron chi connectivity index (χ2n) is 6.07. The van der Waals surface area contributed by atoms with E-state index in [1.807, 2.05) is 10.8 Å². The van der Waals surface area contributed by atoms with E-state index in [0.717, 1.165) is 12.6 Å². The summed E-state index contributed by atoms with van der Waals surface area (Å²) in [7, 11) is 0.999. The molecule has 1 aromatic carbocycles. The standard InChI is InChI=1S/C17H17F3N6O2/c1-24-15(17(18,19)20)23-26(16(24)28)9-7-22-14(27)13-4-2-12(3-5-13)10-25-8-6-21-11-25/h2-6,8,11H,7,9-10H2,1H3,(H,22,27). The maximum atomic E-state index is 12.8. The fraction of sp³-hybridized carbons (Fsp3) is 0.294. The van der Waals surface area contributed by atoms with E-state index in [2.05, 4.69) is 15.4 Å². The number of amides is 1. The van der Waals surface area contributed by atoms with Crippen LogP contribution in [0.4, 0.5) is 13.2 Å². The molecular weight excluding hydrogens is 377 g/mol. The van der Waals surface area contributed by atoms with Gasteiger partial charge in [-0.25, -0.2) is 14.5 Å². The van der Waals surface area contributed by atoms with E-state index in [4.69, 9.17) is 0 Å². The van der Waals surface area contributed by atoms with Gasteiger partial charge in [-0.15, -0.1) is 5.10 Å². The number of nitrogens with one attached hydrogen (secondary N) is 1. The molecule has 28 heavy (non-hydrogen) atoms. The number of rotatable bonds is 6. The van der Waals surface area contributed by atoms with E-state index < -0.39 is 23.6 Å². The Morgan fingerprint density at radius 2 is 1.93 bits per heavy atom. The molecule has 11 heteroatoms. The van der Waals surface area contributed by atoms with Crippen molar-refractivity contribution in [3.8, 4) is 0 Å². The molecule has 0 bridgehead atoms. The van der Waals surface area contributed by atoms with Crippen LogP contribution in [0.25, 0.3) is 0 Å². The van der Waals surface area contributed by atoms with Crippen molar-refractivity contribution in [3.63, 3.8) is 0 Å². The molecule has 8 nitrogen and oxygen atoms in total. The highest BCUT2D eigenvalue weighted by Crippen LogP contribution is 2.25. The number of carbonyl (C=O) groups is 1. The summed E-state index contributed by atoms with van der Waals surface area (Å²) in [5, 5.41) is 5.84. The summed E-state index contributed by atoms with van der Waals surface area (Å²) in [5.74, 6) is -1.67. The van der Waals surface area contributed by atoms with Gasteiger partial charge in [-0.2, -0.15) is 13.2 Å². The summed E-state index contributed by atoms with van der Waals surface area (Å²) in [6.45, 7) is 0.406. The van der Waals surface area contributed by atoms with Crippen molar-refractivity contribution >= 4 is 5.91 Å². The second-order valence-corrected chi connectivity index (χ2v) is 6.07. The number of halogens is 3. The third-order valence-corrected chi connectivity index (χ3v) is 4.04. The molecule has 3 aromatic rings. The molecule has 0 radical (unpaired) electrons. The molecular formula is C17H17F3N6O2. The van der Waals surface area contributed by atoms with Gasteiger partial charge in [-0.3, -0.25) is 9.36 Å². The highest BCUT2D eigenvalue weighted by Gasteiger charge is 2.37. The van der Waals surface area contributed by atoms with Crippen LogP contribution in [0.1, 0.15) is 21.7 Å². The molecule has 0 aliphatic carbocycles. The lowest BCUT2D eigenvalue weighted by molar-refractivity contribution is -0.147. The molecule has 148 valence electrons. The Bertz CT molecular complexity index is 1000. The smallest absolute Gasteiger partial charge is 0.350 e. The van der Waals surface area contributed by atoms with Crippen molar-refractivity contribution in [2.24, 2.45) is 7.05 Å². The zero-order valence-electron chi connectivity index (χ0n) is 14.8. The van der Waals surface area contributed by atoms with Gasteiger partial charge in [0.1, 0.15) is 0 Å². The van der Waals surface area contributed by atoms with Gasteiger partial charge < -0.3 is 9.88 Å². The first-order valence-electron chi connectivity index (χ1n) is 8.29. The molecule has 0 atom stereocenters. The number of nitrogens with zero attached hydrogens (tertiary/aromatic N) is 5. The molecule has 3 rings (SSSR count). The number of hydrogen-bond donors (Lipinski definition) is 1. The van der Waals surface area contributed by atoms with Gasteiger partial charge in [0.05, 0.1) is 12.9 Å². The summed E-state index contributed by atoms with van der Waals surface area (Å²) < 4.78 is 41.3. The van der Waals surface area contributed by atoms with E-state index in [0.29, 0.717) is 21.4 Å². The molecule has 2 heterocycles. The Labute approximate surface area is 157 Å². The van der Waals surface area contributed by atoms with Gasteiger partial charge in [0, 0.05) is 38.1 Å². The maximum Gasteiger partial charge on any atom is 0.451 e. The Morgan fingerprint density at radius 1 is 1.21 bits per heavy atom. The third kappa shape index (κ3) is 4.30. The fourth-order valence-electron chi connectivity index (χ4n) is 2.61. The van der Waals surface area contributed by atoms with Crippen molar-refractivity contribution in [3.05, 3.63) is 70.4 Å². The molecule has 0 fully saturated rings. The molecule has 2 aromatic heterocycles. The molecule has 0 spiro atoms. The van der Waals surface area contributed by atoms with Gasteiger partial charge in [0.2, 0.25) is 5.82 Å². The Balaban J connectivity index is 1.57. The topological polar surface area (TPSA) is 86.7 Å². The van der Waals surface area contributed by atoms with Gasteiger partial charge in [-0.05, 0) is 17.7 Å². The highest BCUT2D eigenvalue weighted by atomic mass is 19.4. The molecule has 1 N–H and O–H groups in total. The predicted octanol–water partition coefficient (Wildman–Crippen LogP) is 1.28. The van der Waals surface area contributed by atoms with Crippen molar-refractivity contribution in [1.29, 1.82) is 0 Å².